The molecule has 0 saturated carbocycles. The summed E-state index contributed by atoms with van der Waals surface area (Å²) in [7, 11) is 0. The molecule has 0 aliphatic heterocycles. The Morgan fingerprint density at radius 3 is 1.57 bits per heavy atom. The van der Waals surface area contributed by atoms with Crippen LogP contribution >= 0.6 is 0 Å². The fourth-order valence-electron chi connectivity index (χ4n) is 2.76. The van der Waals surface area contributed by atoms with E-state index < -0.39 is 0 Å². The predicted molar refractivity (Wildman–Crippen MR) is 92.7 cm³/mol. The fourth-order valence-corrected chi connectivity index (χ4v) is 2.76. The molecule has 0 N–H and O–H groups in total. The second kappa shape index (κ2) is 9.39. The van der Waals surface area contributed by atoms with Gasteiger partial charge in [0.2, 0.25) is 0 Å². The Balaban J connectivity index is 1.46. The van der Waals surface area contributed by atoms with E-state index in [0.29, 0.717) is 0 Å². The molecule has 0 nitrogen and oxygen atoms in total. The highest BCUT2D eigenvalue weighted by Gasteiger charge is 1.95. The van der Waals surface area contributed by atoms with Crippen LogP contribution in [0.5, 0.6) is 0 Å². The van der Waals surface area contributed by atoms with Crippen molar-refractivity contribution in [1.82, 2.24) is 0 Å². The van der Waals surface area contributed by atoms with Crippen LogP contribution in [0.25, 0.3) is 0 Å². The van der Waals surface area contributed by atoms with Gasteiger partial charge in [-0.2, -0.15) is 0 Å². The van der Waals surface area contributed by atoms with Gasteiger partial charge in [-0.3, -0.25) is 0 Å². The summed E-state index contributed by atoms with van der Waals surface area (Å²) >= 11 is 0. The van der Waals surface area contributed by atoms with Crippen LogP contribution in [-0.4, -0.2) is 0 Å². The molecule has 0 heteroatoms. The SMILES string of the molecule is Cc1ccc(CCCCCCCCc2ccccc2)cc1. The summed E-state index contributed by atoms with van der Waals surface area (Å²) in [4.78, 5) is 0. The zero-order chi connectivity index (χ0) is 14.8. The average Bonchev–Trinajstić information content (AvgIpc) is 2.53. The maximum atomic E-state index is 2.27. The molecule has 0 spiro atoms. The zero-order valence-electron chi connectivity index (χ0n) is 13.4. The minimum atomic E-state index is 1.24. The van der Waals surface area contributed by atoms with Crippen LogP contribution in [0, 0.1) is 6.92 Å². The van der Waals surface area contributed by atoms with Gasteiger partial charge < -0.3 is 0 Å². The molecule has 0 fully saturated rings. The van der Waals surface area contributed by atoms with E-state index >= 15 is 0 Å². The van der Waals surface area contributed by atoms with E-state index in [-0.39, 0.29) is 0 Å². The smallest absolute Gasteiger partial charge is 0.0279 e. The number of hydrogen-bond donors (Lipinski definition) is 0. The summed E-state index contributed by atoms with van der Waals surface area (Å²) in [5, 5.41) is 0. The van der Waals surface area contributed by atoms with Crippen LogP contribution in [0.1, 0.15) is 55.2 Å². The molecule has 0 atom stereocenters. The molecule has 0 aromatic heterocycles. The summed E-state index contributed by atoms with van der Waals surface area (Å²) < 4.78 is 0. The first-order chi connectivity index (χ1) is 10.3. The van der Waals surface area contributed by atoms with Crippen molar-refractivity contribution >= 4 is 0 Å². The molecule has 0 aliphatic rings. The molecule has 0 heterocycles. The molecular weight excluding hydrogens is 252 g/mol. The van der Waals surface area contributed by atoms with Crippen molar-refractivity contribution in [2.45, 2.75) is 58.3 Å². The largest absolute Gasteiger partial charge is 0.0622 e. The highest BCUT2D eigenvalue weighted by molar-refractivity contribution is 5.21. The van der Waals surface area contributed by atoms with Gasteiger partial charge in [-0.25, -0.2) is 0 Å². The van der Waals surface area contributed by atoms with E-state index in [2.05, 4.69) is 61.5 Å². The molecule has 2 aromatic rings. The second-order valence-corrected chi connectivity index (χ2v) is 6.09. The molecule has 0 radical (unpaired) electrons. The molecule has 0 unspecified atom stereocenters. The van der Waals surface area contributed by atoms with Gasteiger partial charge in [-0.1, -0.05) is 85.8 Å². The van der Waals surface area contributed by atoms with Crippen molar-refractivity contribution in [1.29, 1.82) is 0 Å². The van der Waals surface area contributed by atoms with Gasteiger partial charge in [0, 0.05) is 0 Å². The maximum Gasteiger partial charge on any atom is -0.0279 e. The third-order valence-electron chi connectivity index (χ3n) is 4.14. The van der Waals surface area contributed by atoms with Crippen molar-refractivity contribution in [3.05, 3.63) is 71.3 Å². The molecule has 0 aliphatic carbocycles. The van der Waals surface area contributed by atoms with Crippen LogP contribution in [0.15, 0.2) is 54.6 Å². The Kier molecular flexibility index (Phi) is 7.07. The molecule has 0 bridgehead atoms. The quantitative estimate of drug-likeness (QED) is 0.485. The molecule has 0 saturated heterocycles. The van der Waals surface area contributed by atoms with Crippen LogP contribution in [-0.2, 0) is 12.8 Å². The predicted octanol–water partition coefficient (Wildman–Crippen LogP) is 6.12. The summed E-state index contributed by atoms with van der Waals surface area (Å²) in [6, 6.07) is 19.8. The molecule has 112 valence electrons. The topological polar surface area (TPSA) is 0 Å². The van der Waals surface area contributed by atoms with Gasteiger partial charge in [-0.15, -0.1) is 0 Å². The minimum Gasteiger partial charge on any atom is -0.0622 e. The lowest BCUT2D eigenvalue weighted by Gasteiger charge is -2.04. The van der Waals surface area contributed by atoms with Crippen molar-refractivity contribution in [2.24, 2.45) is 0 Å². The van der Waals surface area contributed by atoms with Gasteiger partial charge in [0.15, 0.2) is 0 Å². The Labute approximate surface area is 130 Å². The van der Waals surface area contributed by atoms with Gasteiger partial charge in [0.05, 0.1) is 0 Å². The fraction of sp³-hybridized carbons (Fsp3) is 0.429. The summed E-state index contributed by atoms with van der Waals surface area (Å²) in [6.45, 7) is 2.15. The first-order valence-electron chi connectivity index (χ1n) is 8.44. The maximum absolute atomic E-state index is 2.27. The van der Waals surface area contributed by atoms with Crippen LogP contribution in [0.4, 0.5) is 0 Å². The van der Waals surface area contributed by atoms with Gasteiger partial charge in [-0.05, 0) is 43.7 Å². The van der Waals surface area contributed by atoms with Gasteiger partial charge in [0.1, 0.15) is 0 Å². The van der Waals surface area contributed by atoms with Crippen molar-refractivity contribution in [2.75, 3.05) is 0 Å². The lowest BCUT2D eigenvalue weighted by Crippen LogP contribution is -1.88. The number of unbranched alkanes of at least 4 members (excludes halogenated alkanes) is 5. The highest BCUT2D eigenvalue weighted by Crippen LogP contribution is 2.12. The first kappa shape index (κ1) is 15.8. The third kappa shape index (κ3) is 6.62. The van der Waals surface area contributed by atoms with E-state index in [9.17, 15) is 0 Å². The Hall–Kier alpha value is -1.56. The summed E-state index contributed by atoms with van der Waals surface area (Å²) in [6.07, 6.45) is 10.7. The average molecular weight is 280 g/mol. The van der Waals surface area contributed by atoms with Gasteiger partial charge in [0.25, 0.3) is 0 Å². The highest BCUT2D eigenvalue weighted by atomic mass is 14.0. The number of benzene rings is 2. The number of hydrogen-bond acceptors (Lipinski definition) is 0. The van der Waals surface area contributed by atoms with Crippen LogP contribution in [0.2, 0.25) is 0 Å². The first-order valence-corrected chi connectivity index (χ1v) is 8.44. The monoisotopic (exact) mass is 280 g/mol. The molecule has 0 amide bonds. The molecule has 2 aromatic carbocycles. The van der Waals surface area contributed by atoms with Gasteiger partial charge >= 0.3 is 0 Å². The normalized spacial score (nSPS) is 10.7. The zero-order valence-corrected chi connectivity index (χ0v) is 13.4. The van der Waals surface area contributed by atoms with E-state index in [1.807, 2.05) is 0 Å². The van der Waals surface area contributed by atoms with E-state index in [1.165, 1.54) is 68.1 Å². The van der Waals surface area contributed by atoms with E-state index in [1.54, 1.807) is 0 Å². The second-order valence-electron chi connectivity index (χ2n) is 6.09. The summed E-state index contributed by atoms with van der Waals surface area (Å²) in [5.41, 5.74) is 4.33. The van der Waals surface area contributed by atoms with E-state index in [4.69, 9.17) is 0 Å². The standard InChI is InChI=1S/C21H28/c1-19-15-17-21(18-16-19)14-8-5-3-2-4-7-11-20-12-9-6-10-13-20/h6,9-10,12-13,15-18H,2-5,7-8,11,14H2,1H3. The molecular formula is C21H28. The van der Waals surface area contributed by atoms with Crippen molar-refractivity contribution < 1.29 is 0 Å². The summed E-state index contributed by atoms with van der Waals surface area (Å²) in [5.74, 6) is 0. The van der Waals surface area contributed by atoms with E-state index in [0.717, 1.165) is 0 Å². The van der Waals surface area contributed by atoms with Crippen molar-refractivity contribution in [3.63, 3.8) is 0 Å². The Morgan fingerprint density at radius 1 is 0.524 bits per heavy atom. The Morgan fingerprint density at radius 2 is 1.00 bits per heavy atom. The minimum absolute atomic E-state index is 1.24. The Bertz CT molecular complexity index is 481. The van der Waals surface area contributed by atoms with Crippen LogP contribution in [0.3, 0.4) is 0 Å². The number of rotatable bonds is 9. The third-order valence-corrected chi connectivity index (χ3v) is 4.14. The van der Waals surface area contributed by atoms with Crippen LogP contribution < -0.4 is 0 Å². The lowest BCUT2D eigenvalue weighted by molar-refractivity contribution is 0.594. The lowest BCUT2D eigenvalue weighted by atomic mass is 10.0. The number of aryl methyl sites for hydroxylation is 3. The molecule has 21 heavy (non-hydrogen) atoms. The van der Waals surface area contributed by atoms with Crippen molar-refractivity contribution in [3.8, 4) is 0 Å². The molecule has 2 rings (SSSR count).